The molecule has 0 aromatic heterocycles. The number of ketones is 1. The quantitative estimate of drug-likeness (QED) is 0.0103. The van der Waals surface area contributed by atoms with E-state index >= 15 is 0 Å². The van der Waals surface area contributed by atoms with E-state index < -0.39 is 54.1 Å². The van der Waals surface area contributed by atoms with Gasteiger partial charge in [0, 0.05) is 49.8 Å². The maximum Gasteiger partial charge on any atom is 0.407 e. The third-order valence-electron chi connectivity index (χ3n) is 22.3. The molecule has 7 aromatic rings. The van der Waals surface area contributed by atoms with Crippen LogP contribution in [0, 0.1) is 0 Å². The van der Waals surface area contributed by atoms with Gasteiger partial charge in [0.25, 0.3) is 0 Å². The molecule has 7 rings (SSSR count). The Kier molecular flexibility index (Phi) is 45.2. The van der Waals surface area contributed by atoms with Crippen molar-refractivity contribution in [1.82, 2.24) is 26.2 Å². The van der Waals surface area contributed by atoms with Crippen molar-refractivity contribution in [1.29, 1.82) is 0 Å². The Morgan fingerprint density at radius 1 is 0.323 bits per heavy atom. The second-order valence-electron chi connectivity index (χ2n) is 38.2. The normalized spacial score (nSPS) is 12.0. The molecule has 1 unspecified atom stereocenters. The van der Waals surface area contributed by atoms with Crippen LogP contribution in [0.4, 0.5) is 19.2 Å². The topological polar surface area (TPSA) is 282 Å². The Morgan fingerprint density at radius 3 is 0.805 bits per heavy atom. The summed E-state index contributed by atoms with van der Waals surface area (Å²) < 4.78 is 53.3. The maximum absolute atomic E-state index is 12.4. The molecule has 722 valence electrons. The predicted molar refractivity (Wildman–Crippen MR) is 542 cm³/mol. The van der Waals surface area contributed by atoms with Gasteiger partial charge in [0.05, 0.1) is 68.0 Å². The van der Waals surface area contributed by atoms with Crippen molar-refractivity contribution in [2.24, 2.45) is 0 Å². The van der Waals surface area contributed by atoms with E-state index in [0.29, 0.717) is 38.8 Å². The molecule has 4 amide bonds. The molecule has 5 N–H and O–H groups in total. The second-order valence-corrected chi connectivity index (χ2v) is 40.1. The molecular weight excluding hydrogens is 1690 g/mol. The van der Waals surface area contributed by atoms with Gasteiger partial charge in [0.1, 0.15) is 32.2 Å². The van der Waals surface area contributed by atoms with E-state index in [2.05, 4.69) is 85.5 Å². The minimum Gasteiger partial charge on any atom is -0.463 e. The Bertz CT molecular complexity index is 4970. The molecule has 0 aliphatic rings. The highest BCUT2D eigenvalue weighted by molar-refractivity contribution is 7.51. The lowest BCUT2D eigenvalue weighted by atomic mass is 9.79. The van der Waals surface area contributed by atoms with Gasteiger partial charge < -0.3 is 63.8 Å². The molecule has 133 heavy (non-hydrogen) atoms. The molecule has 0 fully saturated rings. The number of amides is 4. The van der Waals surface area contributed by atoms with Crippen molar-refractivity contribution < 1.29 is 80.7 Å². The van der Waals surface area contributed by atoms with Gasteiger partial charge in [-0.2, -0.15) is 0 Å². The fourth-order valence-electron chi connectivity index (χ4n) is 13.6. The number of likely N-dealkylation sites (N-methyl/N-ethyl adjacent to an activating group) is 1. The molecule has 0 heterocycles. The summed E-state index contributed by atoms with van der Waals surface area (Å²) in [6.07, 6.45) is 0.105. The van der Waals surface area contributed by atoms with Crippen LogP contribution < -0.4 is 21.3 Å². The van der Waals surface area contributed by atoms with Crippen LogP contribution in [-0.4, -0.2) is 138 Å². The number of carbonyl (C=O) groups is 7. The molecule has 1 atom stereocenters. The van der Waals surface area contributed by atoms with E-state index in [9.17, 15) is 38.1 Å². The lowest BCUT2D eigenvalue weighted by molar-refractivity contribution is -0.148. The minimum absolute atomic E-state index is 0.127. The van der Waals surface area contributed by atoms with Crippen LogP contribution in [0.15, 0.2) is 216 Å². The minimum atomic E-state index is -3.45. The molecular formula is C110H150N5O17P. The average molecular weight is 1850 g/mol. The molecule has 0 radical (unpaired) electrons. The Balaban J connectivity index is 0.000000376. The number of rotatable bonds is 45. The maximum atomic E-state index is 12.4. The van der Waals surface area contributed by atoms with Crippen molar-refractivity contribution in [3.05, 3.63) is 294 Å². The Labute approximate surface area is 793 Å². The smallest absolute Gasteiger partial charge is 0.407 e. The number of esters is 2. The highest BCUT2D eigenvalue weighted by Gasteiger charge is 2.32. The van der Waals surface area contributed by atoms with E-state index in [1.165, 1.54) is 0 Å². The van der Waals surface area contributed by atoms with E-state index in [4.69, 9.17) is 42.6 Å². The molecule has 0 aliphatic heterocycles. The number of carbonyl (C=O) groups excluding carboxylic acids is 7. The van der Waals surface area contributed by atoms with Crippen LogP contribution in [0.5, 0.6) is 0 Å². The fraction of sp³-hybridized carbons (Fsp3) is 0.427. The number of hydrogen-bond acceptors (Lipinski definition) is 17. The third kappa shape index (κ3) is 41.7. The number of alkyl carbamates (subject to hydrolysis) is 4. The zero-order chi connectivity index (χ0) is 100. The van der Waals surface area contributed by atoms with Crippen molar-refractivity contribution in [2.75, 3.05) is 86.3 Å². The number of nitrogens with one attached hydrogen (secondary N) is 4. The zero-order valence-corrected chi connectivity index (χ0v) is 84.4. The van der Waals surface area contributed by atoms with Gasteiger partial charge >= 0.3 is 43.9 Å². The van der Waals surface area contributed by atoms with Gasteiger partial charge in [-0.05, 0) is 225 Å². The summed E-state index contributed by atoms with van der Waals surface area (Å²) in [4.78, 5) is 97.2. The van der Waals surface area contributed by atoms with Crippen LogP contribution >= 0.6 is 7.60 Å². The third-order valence-corrected chi connectivity index (χ3v) is 22.9. The monoisotopic (exact) mass is 1840 g/mol. The van der Waals surface area contributed by atoms with Gasteiger partial charge in [-0.15, -0.1) is 0 Å². The summed E-state index contributed by atoms with van der Waals surface area (Å²) in [5.41, 5.74) is 17.8. The number of allylic oxidation sites excluding steroid dienone is 7. The molecule has 0 saturated carbocycles. The summed E-state index contributed by atoms with van der Waals surface area (Å²) in [5.74, 6) is -0.430. The van der Waals surface area contributed by atoms with Crippen LogP contribution in [0.3, 0.4) is 0 Å². The van der Waals surface area contributed by atoms with E-state index in [1.807, 2.05) is 309 Å². The Morgan fingerprint density at radius 2 is 0.556 bits per heavy atom. The molecule has 22 nitrogen and oxygen atoms in total. The number of Topliss-reactive ketones (excluding diaryl/α,β-unsaturated/α-hetero) is 1. The highest BCUT2D eigenvalue weighted by atomic mass is 31.2. The molecule has 0 spiro atoms. The van der Waals surface area contributed by atoms with Crippen molar-refractivity contribution in [3.8, 4) is 0 Å². The van der Waals surface area contributed by atoms with E-state index in [1.54, 1.807) is 0 Å². The first-order valence-corrected chi connectivity index (χ1v) is 47.1. The van der Waals surface area contributed by atoms with Crippen molar-refractivity contribution in [3.63, 3.8) is 0 Å². The summed E-state index contributed by atoms with van der Waals surface area (Å²) in [7, 11) is -1.57. The highest BCUT2D eigenvalue weighted by Crippen LogP contribution is 2.38. The zero-order valence-electron chi connectivity index (χ0n) is 83.5. The lowest BCUT2D eigenvalue weighted by Crippen LogP contribution is -2.42. The van der Waals surface area contributed by atoms with Crippen molar-refractivity contribution in [2.45, 2.75) is 222 Å². The molecule has 7 aromatic carbocycles. The summed E-state index contributed by atoms with van der Waals surface area (Å²) in [6, 6.07) is 55.9. The van der Waals surface area contributed by atoms with Gasteiger partial charge in [-0.1, -0.05) is 272 Å². The lowest BCUT2D eigenvalue weighted by Gasteiger charge is -2.27. The standard InChI is InChI=1S/C32H42O5.C31H43N3O4.C29H38N2O4.C18H27O4P/c1-23(2)25-11-9-13-27(19-25)31(5,6)21-29(33)36-17-15-35-16-18-37-30(34)22-32(7,8)28-14-10-12-26(20-28)24(3)4;1-22(2)24-12-10-14-26(20-24)30(5,6)32-28(35)37-18-16-34(9)17-19-38-29(36)33-31(7,8)27-15-11-13-25(21-27)23(3)4;1-20(2)22-12-9-14-24(18-22)28(5,6)30-26(32)34-16-11-17-35-27(33)31-29(7,8)25-15-10-13-23(19-25)21(3)4;1-14(2)15-8-6-9-16(12-15)18(3,4)13-17(19)10-7-11-22-23(5,20)21/h9-14,19-20H,1,3,15-18,21-22H2,2,4-8H3;10-15,20-21H,1,3,16-19H2,2,4-9H3,(H,32,35)(H,33,36);9-10,12-15,18-19H,1,3,11,16-17H2,2,4-8H3,(H,30,32)(H,31,33);6,8-9,12H,1,7,10-11,13H2,2-5H3,(H,20,21). The molecule has 0 aliphatic carbocycles. The van der Waals surface area contributed by atoms with Crippen LogP contribution in [-0.2, 0) is 95.0 Å². The number of hydrogen-bond donors (Lipinski definition) is 5. The van der Waals surface area contributed by atoms with Gasteiger partial charge in [-0.3, -0.25) is 23.8 Å². The first kappa shape index (κ1) is 114. The largest absolute Gasteiger partial charge is 0.463 e. The fourth-order valence-corrected chi connectivity index (χ4v) is 14.1. The van der Waals surface area contributed by atoms with E-state index in [0.717, 1.165) is 124 Å². The van der Waals surface area contributed by atoms with Crippen molar-refractivity contribution >= 4 is 88.7 Å². The van der Waals surface area contributed by atoms with Crippen LogP contribution in [0.1, 0.15) is 262 Å². The van der Waals surface area contributed by atoms with E-state index in [-0.39, 0.29) is 106 Å². The van der Waals surface area contributed by atoms with Gasteiger partial charge in [0.2, 0.25) is 0 Å². The van der Waals surface area contributed by atoms with Gasteiger partial charge in [-0.25, -0.2) is 19.2 Å². The summed E-state index contributed by atoms with van der Waals surface area (Å²) >= 11 is 0. The molecule has 0 bridgehead atoms. The number of nitrogens with zero attached hydrogens (tertiary/aromatic N) is 1. The number of benzene rings is 7. The Hall–Kier alpha value is -11.5. The molecule has 0 saturated heterocycles. The van der Waals surface area contributed by atoms with Gasteiger partial charge in [0.15, 0.2) is 0 Å². The summed E-state index contributed by atoms with van der Waals surface area (Å²) in [6.45, 7) is 72.8. The first-order valence-electron chi connectivity index (χ1n) is 45.0. The molecule has 23 heteroatoms. The SMILES string of the molecule is C=C(C)c1cccc(C(C)(C)CC(=O)CCCOP(C)(=O)O)c1.C=C(C)c1cccc(C(C)(C)CC(=O)OCCOCCOC(=O)CC(C)(C)c2cccc(C(=C)C)c2)c1.C=C(C)c1cccc(C(C)(C)NC(=O)OCCCOC(=O)NC(C)(C)c2cccc(C(=C)C)c2)c1.C=C(C)c1cccc(C(C)(C)NC(=O)OCCN(C)CCOC(=O)NC(C)(C)c2cccc(C(=C)C)c2)c1. The van der Waals surface area contributed by atoms with Crippen LogP contribution in [0.2, 0.25) is 0 Å². The van der Waals surface area contributed by atoms with Crippen LogP contribution in [0.25, 0.3) is 39.0 Å². The predicted octanol–water partition coefficient (Wildman–Crippen LogP) is 24.5. The average Bonchev–Trinajstić information content (AvgIpc) is 0.859. The first-order chi connectivity index (χ1) is 61.8. The second kappa shape index (κ2) is 52.8. The summed E-state index contributed by atoms with van der Waals surface area (Å²) in [5, 5.41) is 11.6. The number of ether oxygens (including phenoxy) is 7.